The lowest BCUT2D eigenvalue weighted by molar-refractivity contribution is -0.136. The molecule has 0 bridgehead atoms. The first-order chi connectivity index (χ1) is 9.55. The molecule has 1 N–H and O–H groups in total. The topological polar surface area (TPSA) is 69.2 Å². The number of hydrogen-bond acceptors (Lipinski definition) is 6. The van der Waals surface area contributed by atoms with E-state index in [0.29, 0.717) is 24.1 Å². The second-order valence-electron chi connectivity index (χ2n) is 5.09. The van der Waals surface area contributed by atoms with Gasteiger partial charge in [0.25, 0.3) is 0 Å². The maximum absolute atomic E-state index is 6.02. The summed E-state index contributed by atoms with van der Waals surface area (Å²) < 4.78 is 11.2. The summed E-state index contributed by atoms with van der Waals surface area (Å²) in [4.78, 5) is 4.10. The molecule has 1 atom stereocenters. The highest BCUT2D eigenvalue weighted by molar-refractivity contribution is 6.34. The second-order valence-corrected chi connectivity index (χ2v) is 5.45. The Morgan fingerprint density at radius 3 is 3.00 bits per heavy atom. The molecule has 20 heavy (non-hydrogen) atoms. The van der Waals surface area contributed by atoms with Gasteiger partial charge in [0, 0.05) is 29.7 Å². The van der Waals surface area contributed by atoms with Crippen molar-refractivity contribution in [2.75, 3.05) is 18.5 Å². The summed E-state index contributed by atoms with van der Waals surface area (Å²) in [6.07, 6.45) is 3.37. The van der Waals surface area contributed by atoms with Crippen LogP contribution in [0.1, 0.15) is 13.8 Å². The predicted molar refractivity (Wildman–Crippen MR) is 75.7 cm³/mol. The van der Waals surface area contributed by atoms with E-state index in [2.05, 4.69) is 20.5 Å². The molecule has 0 aromatic carbocycles. The summed E-state index contributed by atoms with van der Waals surface area (Å²) in [6, 6.07) is 1.82. The Balaban J connectivity index is 1.77. The van der Waals surface area contributed by atoms with E-state index >= 15 is 0 Å². The lowest BCUT2D eigenvalue weighted by Crippen LogP contribution is -2.26. The quantitative estimate of drug-likeness (QED) is 0.936. The van der Waals surface area contributed by atoms with Crippen molar-refractivity contribution in [1.82, 2.24) is 15.2 Å². The fourth-order valence-electron chi connectivity index (χ4n) is 2.17. The van der Waals surface area contributed by atoms with E-state index in [0.717, 1.165) is 10.8 Å². The van der Waals surface area contributed by atoms with Crippen molar-refractivity contribution in [3.05, 3.63) is 23.6 Å². The van der Waals surface area contributed by atoms with Gasteiger partial charge in [0.2, 0.25) is 0 Å². The van der Waals surface area contributed by atoms with Crippen molar-refractivity contribution >= 4 is 28.2 Å². The molecule has 2 aromatic heterocycles. The number of aromatic nitrogens is 3. The van der Waals surface area contributed by atoms with E-state index < -0.39 is 5.79 Å². The van der Waals surface area contributed by atoms with Gasteiger partial charge in [-0.25, -0.2) is 0 Å². The van der Waals surface area contributed by atoms with Crippen LogP contribution in [0.5, 0.6) is 0 Å². The molecule has 0 saturated carbocycles. The fourth-order valence-corrected chi connectivity index (χ4v) is 2.37. The number of fused-ring (bicyclic) bond motifs is 1. The van der Waals surface area contributed by atoms with E-state index in [4.69, 9.17) is 21.1 Å². The van der Waals surface area contributed by atoms with E-state index in [9.17, 15) is 0 Å². The van der Waals surface area contributed by atoms with Gasteiger partial charge in [-0.05, 0) is 19.9 Å². The number of nitrogens with one attached hydrogen (secondary N) is 1. The number of hydrogen-bond donors (Lipinski definition) is 1. The number of anilines is 1. The molecule has 7 heteroatoms. The molecule has 2 aromatic rings. The van der Waals surface area contributed by atoms with Crippen LogP contribution in [-0.4, -0.2) is 40.2 Å². The van der Waals surface area contributed by atoms with Gasteiger partial charge in [-0.1, -0.05) is 11.6 Å². The average Bonchev–Trinajstić information content (AvgIpc) is 2.78. The maximum Gasteiger partial charge on any atom is 0.163 e. The van der Waals surface area contributed by atoms with Crippen LogP contribution in [0.2, 0.25) is 5.15 Å². The monoisotopic (exact) mass is 294 g/mol. The van der Waals surface area contributed by atoms with Gasteiger partial charge < -0.3 is 14.8 Å². The van der Waals surface area contributed by atoms with Crippen molar-refractivity contribution in [1.29, 1.82) is 0 Å². The summed E-state index contributed by atoms with van der Waals surface area (Å²) in [5.41, 5.74) is 0. The number of nitrogens with zero attached hydrogens (tertiary/aromatic N) is 3. The molecule has 106 valence electrons. The van der Waals surface area contributed by atoms with Crippen LogP contribution in [0.15, 0.2) is 18.5 Å². The molecule has 0 unspecified atom stereocenters. The highest BCUT2D eigenvalue weighted by Gasteiger charge is 2.32. The lowest BCUT2D eigenvalue weighted by atomic mass is 10.2. The molecule has 0 spiro atoms. The molecule has 1 fully saturated rings. The molecule has 0 aliphatic carbocycles. The number of halogens is 1. The van der Waals surface area contributed by atoms with Crippen LogP contribution in [-0.2, 0) is 9.47 Å². The molecular weight excluding hydrogens is 280 g/mol. The molecule has 0 radical (unpaired) electrons. The fraction of sp³-hybridized carbons (Fsp3) is 0.462. The maximum atomic E-state index is 6.02. The van der Waals surface area contributed by atoms with Crippen LogP contribution < -0.4 is 5.32 Å². The molecule has 0 amide bonds. The third-order valence-electron chi connectivity index (χ3n) is 3.10. The number of pyridine rings is 1. The Morgan fingerprint density at radius 2 is 2.25 bits per heavy atom. The first kappa shape index (κ1) is 13.5. The molecule has 3 rings (SSSR count). The Labute approximate surface area is 121 Å². The third kappa shape index (κ3) is 2.67. The van der Waals surface area contributed by atoms with Crippen molar-refractivity contribution in [2.24, 2.45) is 0 Å². The zero-order valence-corrected chi connectivity index (χ0v) is 12.0. The minimum atomic E-state index is -0.526. The molecular formula is C13H15ClN4O2. The van der Waals surface area contributed by atoms with Crippen molar-refractivity contribution in [3.63, 3.8) is 0 Å². The van der Waals surface area contributed by atoms with E-state index in [1.165, 1.54) is 0 Å². The van der Waals surface area contributed by atoms with Crippen LogP contribution >= 0.6 is 11.6 Å². The standard InChI is InChI=1S/C13H15ClN4O2/c1-13(2)19-7-8(20-13)5-16-12-10-6-15-4-3-9(10)11(14)17-18-12/h3-4,6,8H,5,7H2,1-2H3,(H,16,18)/t8-/m0/s1. The van der Waals surface area contributed by atoms with Gasteiger partial charge in [-0.2, -0.15) is 0 Å². The van der Waals surface area contributed by atoms with Gasteiger partial charge in [-0.15, -0.1) is 10.2 Å². The zero-order valence-electron chi connectivity index (χ0n) is 11.3. The Hall–Kier alpha value is -1.50. The van der Waals surface area contributed by atoms with Crippen LogP contribution in [0, 0.1) is 0 Å². The van der Waals surface area contributed by atoms with Gasteiger partial charge in [0.05, 0.1) is 6.61 Å². The summed E-state index contributed by atoms with van der Waals surface area (Å²) in [5, 5.41) is 13.3. The second kappa shape index (κ2) is 5.12. The van der Waals surface area contributed by atoms with Crippen molar-refractivity contribution < 1.29 is 9.47 Å². The summed E-state index contributed by atoms with van der Waals surface area (Å²) in [6.45, 7) is 4.93. The minimum Gasteiger partial charge on any atom is -0.365 e. The molecule has 3 heterocycles. The Bertz CT molecular complexity index is 635. The van der Waals surface area contributed by atoms with Gasteiger partial charge in [-0.3, -0.25) is 4.98 Å². The third-order valence-corrected chi connectivity index (χ3v) is 3.38. The largest absolute Gasteiger partial charge is 0.365 e. The van der Waals surface area contributed by atoms with E-state index in [1.807, 2.05) is 19.9 Å². The van der Waals surface area contributed by atoms with Gasteiger partial charge in [0.1, 0.15) is 6.10 Å². The molecule has 6 nitrogen and oxygen atoms in total. The van der Waals surface area contributed by atoms with Crippen LogP contribution in [0.4, 0.5) is 5.82 Å². The van der Waals surface area contributed by atoms with Crippen LogP contribution in [0.25, 0.3) is 10.8 Å². The van der Waals surface area contributed by atoms with Gasteiger partial charge in [0.15, 0.2) is 16.8 Å². The predicted octanol–water partition coefficient (Wildman–Crippen LogP) is 2.24. The van der Waals surface area contributed by atoms with Crippen LogP contribution in [0.3, 0.4) is 0 Å². The Morgan fingerprint density at radius 1 is 1.40 bits per heavy atom. The summed E-state index contributed by atoms with van der Waals surface area (Å²) in [7, 11) is 0. The highest BCUT2D eigenvalue weighted by atomic mass is 35.5. The highest BCUT2D eigenvalue weighted by Crippen LogP contribution is 2.26. The first-order valence-electron chi connectivity index (χ1n) is 6.37. The van der Waals surface area contributed by atoms with Crippen molar-refractivity contribution in [3.8, 4) is 0 Å². The van der Waals surface area contributed by atoms with Gasteiger partial charge >= 0.3 is 0 Å². The number of ether oxygens (including phenoxy) is 2. The molecule has 1 saturated heterocycles. The SMILES string of the molecule is CC1(C)OC[C@H](CNc2nnc(Cl)c3ccncc23)O1. The molecule has 1 aliphatic rings. The number of rotatable bonds is 3. The lowest BCUT2D eigenvalue weighted by Gasteiger charge is -2.17. The minimum absolute atomic E-state index is 0.0193. The normalized spacial score (nSPS) is 21.2. The first-order valence-corrected chi connectivity index (χ1v) is 6.74. The van der Waals surface area contributed by atoms with E-state index in [-0.39, 0.29) is 6.10 Å². The average molecular weight is 295 g/mol. The summed E-state index contributed by atoms with van der Waals surface area (Å²) >= 11 is 6.02. The van der Waals surface area contributed by atoms with Crippen molar-refractivity contribution in [2.45, 2.75) is 25.7 Å². The molecule has 1 aliphatic heterocycles. The van der Waals surface area contributed by atoms with E-state index in [1.54, 1.807) is 12.4 Å². The zero-order chi connectivity index (χ0) is 14.2. The Kier molecular flexibility index (Phi) is 3.45. The smallest absolute Gasteiger partial charge is 0.163 e. The summed E-state index contributed by atoms with van der Waals surface area (Å²) in [5.74, 6) is 0.118.